The van der Waals surface area contributed by atoms with Crippen LogP contribution in [0.25, 0.3) is 0 Å². The van der Waals surface area contributed by atoms with E-state index in [2.05, 4.69) is 15.9 Å². The molecule has 0 atom stereocenters. The van der Waals surface area contributed by atoms with Crippen LogP contribution < -0.4 is 4.74 Å². The van der Waals surface area contributed by atoms with Gasteiger partial charge in [-0.3, -0.25) is 4.79 Å². The Morgan fingerprint density at radius 2 is 1.89 bits per heavy atom. The zero-order valence-electron chi connectivity index (χ0n) is 10.5. The van der Waals surface area contributed by atoms with Crippen molar-refractivity contribution in [2.75, 3.05) is 7.11 Å². The van der Waals surface area contributed by atoms with Crippen LogP contribution in [0.4, 0.5) is 4.39 Å². The van der Waals surface area contributed by atoms with Gasteiger partial charge in [0.05, 0.1) is 17.1 Å². The maximum atomic E-state index is 13.5. The second-order valence-electron chi connectivity index (χ2n) is 4.11. The molecule has 0 amide bonds. The fraction of sp³-hybridized carbons (Fsp3) is 0.133. The quantitative estimate of drug-likeness (QED) is 0.794. The van der Waals surface area contributed by atoms with Crippen molar-refractivity contribution in [2.45, 2.75) is 6.92 Å². The Labute approximate surface area is 119 Å². The first kappa shape index (κ1) is 13.7. The SMILES string of the molecule is COc1cc(F)c(Br)cc1C(=O)c1ccccc1C. The summed E-state index contributed by atoms with van der Waals surface area (Å²) in [6, 6.07) is 9.92. The Morgan fingerprint density at radius 3 is 2.53 bits per heavy atom. The summed E-state index contributed by atoms with van der Waals surface area (Å²) in [6.45, 7) is 1.86. The summed E-state index contributed by atoms with van der Waals surface area (Å²) >= 11 is 3.09. The normalized spacial score (nSPS) is 10.3. The molecule has 0 unspecified atom stereocenters. The third kappa shape index (κ3) is 2.68. The van der Waals surface area contributed by atoms with Crippen LogP contribution in [0.1, 0.15) is 21.5 Å². The van der Waals surface area contributed by atoms with Crippen molar-refractivity contribution in [3.05, 3.63) is 63.4 Å². The number of ether oxygens (including phenoxy) is 1. The molecule has 98 valence electrons. The minimum Gasteiger partial charge on any atom is -0.496 e. The van der Waals surface area contributed by atoms with Crippen molar-refractivity contribution in [2.24, 2.45) is 0 Å². The van der Waals surface area contributed by atoms with Crippen molar-refractivity contribution in [1.29, 1.82) is 0 Å². The van der Waals surface area contributed by atoms with Gasteiger partial charge in [0.25, 0.3) is 0 Å². The van der Waals surface area contributed by atoms with Gasteiger partial charge in [0.1, 0.15) is 11.6 Å². The lowest BCUT2D eigenvalue weighted by molar-refractivity contribution is 0.103. The first-order chi connectivity index (χ1) is 9.04. The van der Waals surface area contributed by atoms with Crippen LogP contribution in [0.2, 0.25) is 0 Å². The molecule has 2 rings (SSSR count). The van der Waals surface area contributed by atoms with Gasteiger partial charge in [-0.05, 0) is 34.5 Å². The number of halogens is 2. The lowest BCUT2D eigenvalue weighted by Gasteiger charge is -2.10. The number of methoxy groups -OCH3 is 1. The Balaban J connectivity index is 2.56. The predicted octanol–water partition coefficient (Wildman–Crippen LogP) is 4.14. The lowest BCUT2D eigenvalue weighted by atomic mass is 9.98. The average molecular weight is 323 g/mol. The molecule has 0 saturated carbocycles. The summed E-state index contributed by atoms with van der Waals surface area (Å²) in [4.78, 5) is 12.5. The first-order valence-electron chi connectivity index (χ1n) is 5.68. The Hall–Kier alpha value is -1.68. The highest BCUT2D eigenvalue weighted by Gasteiger charge is 2.18. The van der Waals surface area contributed by atoms with E-state index in [1.165, 1.54) is 19.2 Å². The first-order valence-corrected chi connectivity index (χ1v) is 6.47. The predicted molar refractivity (Wildman–Crippen MR) is 75.3 cm³/mol. The van der Waals surface area contributed by atoms with Gasteiger partial charge in [-0.15, -0.1) is 0 Å². The summed E-state index contributed by atoms with van der Waals surface area (Å²) in [5.41, 5.74) is 1.79. The van der Waals surface area contributed by atoms with Crippen LogP contribution in [-0.4, -0.2) is 12.9 Å². The highest BCUT2D eigenvalue weighted by molar-refractivity contribution is 9.10. The topological polar surface area (TPSA) is 26.3 Å². The smallest absolute Gasteiger partial charge is 0.197 e. The zero-order valence-corrected chi connectivity index (χ0v) is 12.1. The van der Waals surface area contributed by atoms with Gasteiger partial charge >= 0.3 is 0 Å². The Morgan fingerprint density at radius 1 is 1.21 bits per heavy atom. The van der Waals surface area contributed by atoms with E-state index in [1.807, 2.05) is 19.1 Å². The minimum atomic E-state index is -0.460. The molecule has 2 aromatic carbocycles. The molecule has 0 spiro atoms. The van der Waals surface area contributed by atoms with Gasteiger partial charge < -0.3 is 4.74 Å². The third-order valence-corrected chi connectivity index (χ3v) is 3.48. The monoisotopic (exact) mass is 322 g/mol. The molecule has 0 aliphatic heterocycles. The molecule has 4 heteroatoms. The van der Waals surface area contributed by atoms with Gasteiger partial charge in [0.2, 0.25) is 0 Å². The van der Waals surface area contributed by atoms with Gasteiger partial charge in [-0.1, -0.05) is 24.3 Å². The van der Waals surface area contributed by atoms with E-state index in [0.29, 0.717) is 11.1 Å². The standard InChI is InChI=1S/C15H12BrFO2/c1-9-5-3-4-6-10(9)15(18)11-7-12(16)13(17)8-14(11)19-2/h3-8H,1-2H3. The lowest BCUT2D eigenvalue weighted by Crippen LogP contribution is -2.06. The van der Waals surface area contributed by atoms with Gasteiger partial charge in [-0.25, -0.2) is 4.39 Å². The van der Waals surface area contributed by atoms with E-state index in [-0.39, 0.29) is 16.0 Å². The fourth-order valence-corrected chi connectivity index (χ4v) is 2.19. The number of hydrogen-bond acceptors (Lipinski definition) is 2. The fourth-order valence-electron chi connectivity index (χ4n) is 1.85. The number of rotatable bonds is 3. The number of hydrogen-bond donors (Lipinski definition) is 0. The van der Waals surface area contributed by atoms with E-state index in [9.17, 15) is 9.18 Å². The Bertz CT molecular complexity index is 638. The number of benzene rings is 2. The summed E-state index contributed by atoms with van der Waals surface area (Å²) < 4.78 is 18.8. The summed E-state index contributed by atoms with van der Waals surface area (Å²) in [7, 11) is 1.41. The summed E-state index contributed by atoms with van der Waals surface area (Å²) in [6.07, 6.45) is 0. The van der Waals surface area contributed by atoms with E-state index in [0.717, 1.165) is 5.56 Å². The van der Waals surface area contributed by atoms with Crippen LogP contribution in [0.15, 0.2) is 40.9 Å². The van der Waals surface area contributed by atoms with Crippen molar-refractivity contribution in [3.8, 4) is 5.75 Å². The highest BCUT2D eigenvalue weighted by atomic mass is 79.9. The summed E-state index contributed by atoms with van der Waals surface area (Å²) in [5, 5.41) is 0. The Kier molecular flexibility index (Phi) is 4.00. The average Bonchev–Trinajstić information content (AvgIpc) is 2.41. The maximum absolute atomic E-state index is 13.5. The molecule has 2 aromatic rings. The molecular weight excluding hydrogens is 311 g/mol. The van der Waals surface area contributed by atoms with Crippen molar-refractivity contribution in [1.82, 2.24) is 0 Å². The van der Waals surface area contributed by atoms with Crippen molar-refractivity contribution in [3.63, 3.8) is 0 Å². The molecule has 19 heavy (non-hydrogen) atoms. The van der Waals surface area contributed by atoms with Gasteiger partial charge in [0.15, 0.2) is 5.78 Å². The van der Waals surface area contributed by atoms with Crippen molar-refractivity contribution >= 4 is 21.7 Å². The number of carbonyl (C=O) groups excluding carboxylic acids is 1. The largest absolute Gasteiger partial charge is 0.496 e. The van der Waals surface area contributed by atoms with E-state index >= 15 is 0 Å². The molecule has 0 radical (unpaired) electrons. The summed E-state index contributed by atoms with van der Waals surface area (Å²) in [5.74, 6) is -0.414. The maximum Gasteiger partial charge on any atom is 0.197 e. The van der Waals surface area contributed by atoms with Gasteiger partial charge in [0, 0.05) is 11.6 Å². The minimum absolute atomic E-state index is 0.185. The molecule has 0 aromatic heterocycles. The molecule has 0 saturated heterocycles. The second kappa shape index (κ2) is 5.53. The van der Waals surface area contributed by atoms with Crippen LogP contribution in [0.5, 0.6) is 5.75 Å². The third-order valence-electron chi connectivity index (χ3n) is 2.88. The molecule has 0 fully saturated rings. The van der Waals surface area contributed by atoms with E-state index in [4.69, 9.17) is 4.74 Å². The molecule has 0 aliphatic rings. The number of carbonyl (C=O) groups is 1. The van der Waals surface area contributed by atoms with Crippen molar-refractivity contribution < 1.29 is 13.9 Å². The molecule has 0 bridgehead atoms. The van der Waals surface area contributed by atoms with E-state index in [1.54, 1.807) is 12.1 Å². The highest BCUT2D eigenvalue weighted by Crippen LogP contribution is 2.28. The molecule has 0 N–H and O–H groups in total. The van der Waals surface area contributed by atoms with Crippen LogP contribution >= 0.6 is 15.9 Å². The molecule has 2 nitrogen and oxygen atoms in total. The van der Waals surface area contributed by atoms with E-state index < -0.39 is 5.82 Å². The van der Waals surface area contributed by atoms with Gasteiger partial charge in [-0.2, -0.15) is 0 Å². The van der Waals surface area contributed by atoms with Crippen LogP contribution in [0.3, 0.4) is 0 Å². The molecule has 0 heterocycles. The second-order valence-corrected chi connectivity index (χ2v) is 4.96. The molecule has 0 aliphatic carbocycles. The molecular formula is C15H12BrFO2. The van der Waals surface area contributed by atoms with Crippen LogP contribution in [0, 0.1) is 12.7 Å². The number of aryl methyl sites for hydroxylation is 1. The zero-order chi connectivity index (χ0) is 14.0. The van der Waals surface area contributed by atoms with Crippen LogP contribution in [-0.2, 0) is 0 Å². The number of ketones is 1.